The lowest BCUT2D eigenvalue weighted by Crippen LogP contribution is -2.69. The van der Waals surface area contributed by atoms with Crippen molar-refractivity contribution in [2.75, 3.05) is 0 Å². The minimum absolute atomic E-state index is 0.0261. The number of thiophene rings is 1. The molecule has 2 aliphatic rings. The van der Waals surface area contributed by atoms with Crippen molar-refractivity contribution in [3.63, 3.8) is 0 Å². The number of nitrogens with one attached hydrogen (secondary N) is 2. The zero-order chi connectivity index (χ0) is 17.8. The average molecular weight is 395 g/mol. The van der Waals surface area contributed by atoms with Gasteiger partial charge in [-0.25, -0.2) is 0 Å². The third kappa shape index (κ3) is 3.07. The Morgan fingerprint density at radius 1 is 1.36 bits per heavy atom. The highest BCUT2D eigenvalue weighted by molar-refractivity contribution is 7.80. The molecule has 1 aromatic heterocycles. The molecule has 4 nitrogen and oxygen atoms in total. The summed E-state index contributed by atoms with van der Waals surface area (Å²) in [7, 11) is 0. The second-order valence-corrected chi connectivity index (χ2v) is 9.14. The van der Waals surface area contributed by atoms with Crippen LogP contribution in [0.3, 0.4) is 0 Å². The van der Waals surface area contributed by atoms with Gasteiger partial charge in [0.25, 0.3) is 0 Å². The van der Waals surface area contributed by atoms with Gasteiger partial charge in [-0.15, -0.1) is 11.3 Å². The second kappa shape index (κ2) is 5.76. The van der Waals surface area contributed by atoms with E-state index in [1.165, 1.54) is 4.88 Å². The van der Waals surface area contributed by atoms with Gasteiger partial charge < -0.3 is 20.5 Å². The molecule has 2 atom stereocenters. The minimum atomic E-state index is -0.617. The molecule has 132 valence electrons. The summed E-state index contributed by atoms with van der Waals surface area (Å²) in [6, 6.07) is 7.60. The molecule has 0 saturated carbocycles. The van der Waals surface area contributed by atoms with Gasteiger partial charge in [-0.3, -0.25) is 0 Å². The third-order valence-corrected chi connectivity index (χ3v) is 6.19. The highest BCUT2D eigenvalue weighted by atomic mass is 35.5. The lowest BCUT2D eigenvalue weighted by molar-refractivity contribution is -0.0125. The maximum absolute atomic E-state index is 10.1. The van der Waals surface area contributed by atoms with Crippen LogP contribution < -0.4 is 15.4 Å². The van der Waals surface area contributed by atoms with Crippen molar-refractivity contribution >= 4 is 40.3 Å². The van der Waals surface area contributed by atoms with Gasteiger partial charge in [0.1, 0.15) is 11.5 Å². The van der Waals surface area contributed by atoms with Crippen LogP contribution in [0.25, 0.3) is 0 Å². The van der Waals surface area contributed by atoms with E-state index in [4.69, 9.17) is 28.6 Å². The highest BCUT2D eigenvalue weighted by Gasteiger charge is 2.49. The Bertz CT molecular complexity index is 838. The first-order chi connectivity index (χ1) is 11.8. The number of thiocarbonyl (C=S) groups is 1. The Kier molecular flexibility index (Phi) is 3.90. The lowest BCUT2D eigenvalue weighted by atomic mass is 9.79. The number of hydrogen-bond donors (Lipinski definition) is 3. The normalized spacial score (nSPS) is 27.2. The molecular formula is C18H19ClN2O2S2. The van der Waals surface area contributed by atoms with Gasteiger partial charge in [0.05, 0.1) is 5.02 Å². The molecule has 2 aromatic rings. The molecule has 4 rings (SSSR count). The summed E-state index contributed by atoms with van der Waals surface area (Å²) in [5, 5.41) is 19.7. The smallest absolute Gasteiger partial charge is 0.185 e. The van der Waals surface area contributed by atoms with Crippen LogP contribution in [0.2, 0.25) is 5.02 Å². The van der Waals surface area contributed by atoms with Gasteiger partial charge in [-0.05, 0) is 43.6 Å². The summed E-state index contributed by atoms with van der Waals surface area (Å²) in [5.74, 6) is 0.809. The predicted octanol–water partition coefficient (Wildman–Crippen LogP) is 4.36. The molecule has 1 saturated heterocycles. The number of aromatic hydroxyl groups is 1. The Balaban J connectivity index is 1.83. The minimum Gasteiger partial charge on any atom is -0.506 e. The summed E-state index contributed by atoms with van der Waals surface area (Å²) < 4.78 is 6.38. The van der Waals surface area contributed by atoms with Crippen molar-refractivity contribution in [2.45, 2.75) is 43.9 Å². The van der Waals surface area contributed by atoms with Crippen LogP contribution in [0.15, 0.2) is 29.6 Å². The number of halogens is 1. The fourth-order valence-electron chi connectivity index (χ4n) is 3.89. The first kappa shape index (κ1) is 16.9. The fourth-order valence-corrected chi connectivity index (χ4v) is 5.37. The largest absolute Gasteiger partial charge is 0.506 e. The summed E-state index contributed by atoms with van der Waals surface area (Å²) in [4.78, 5) is 1.25. The Hall–Kier alpha value is -1.50. The molecular weight excluding hydrogens is 376 g/mol. The van der Waals surface area contributed by atoms with Crippen LogP contribution in [-0.2, 0) is 0 Å². The van der Waals surface area contributed by atoms with Crippen LogP contribution in [0.5, 0.6) is 11.5 Å². The average Bonchev–Trinajstić information content (AvgIpc) is 3.00. The summed E-state index contributed by atoms with van der Waals surface area (Å²) in [6.07, 6.45) is 1.48. The number of phenolic OH excluding ortho intramolecular Hbond substituents is 1. The molecule has 0 unspecified atom stereocenters. The number of phenols is 1. The van der Waals surface area contributed by atoms with Gasteiger partial charge in [0.2, 0.25) is 0 Å². The van der Waals surface area contributed by atoms with Crippen molar-refractivity contribution in [1.82, 2.24) is 10.6 Å². The molecule has 1 spiro atoms. The van der Waals surface area contributed by atoms with E-state index in [0.29, 0.717) is 15.9 Å². The maximum atomic E-state index is 10.1. The third-order valence-electron chi connectivity index (χ3n) is 4.70. The Morgan fingerprint density at radius 3 is 2.84 bits per heavy atom. The predicted molar refractivity (Wildman–Crippen MR) is 105 cm³/mol. The molecule has 2 aliphatic heterocycles. The zero-order valence-electron chi connectivity index (χ0n) is 13.9. The van der Waals surface area contributed by atoms with Gasteiger partial charge in [0.15, 0.2) is 10.8 Å². The van der Waals surface area contributed by atoms with Gasteiger partial charge in [-0.2, -0.15) is 0 Å². The van der Waals surface area contributed by atoms with Gasteiger partial charge >= 0.3 is 0 Å². The molecule has 0 radical (unpaired) electrons. The zero-order valence-corrected chi connectivity index (χ0v) is 16.3. The first-order valence-corrected chi connectivity index (χ1v) is 9.79. The van der Waals surface area contributed by atoms with E-state index >= 15 is 0 Å². The van der Waals surface area contributed by atoms with Crippen molar-refractivity contribution < 1.29 is 9.84 Å². The summed E-state index contributed by atoms with van der Waals surface area (Å²) in [6.45, 7) is 4.22. The quantitative estimate of drug-likeness (QED) is 0.627. The molecule has 0 bridgehead atoms. The van der Waals surface area contributed by atoms with Crippen molar-refractivity contribution in [2.24, 2.45) is 0 Å². The van der Waals surface area contributed by atoms with Crippen molar-refractivity contribution in [3.8, 4) is 11.5 Å². The van der Waals surface area contributed by atoms with Crippen LogP contribution >= 0.6 is 35.2 Å². The summed E-state index contributed by atoms with van der Waals surface area (Å²) in [5.41, 5.74) is 0.196. The molecule has 1 fully saturated rings. The number of hydrogen-bond acceptors (Lipinski definition) is 4. The monoisotopic (exact) mass is 394 g/mol. The molecule has 1 aromatic carbocycles. The fraction of sp³-hybridized carbons (Fsp3) is 0.389. The number of fused-ring (bicyclic) bond motifs is 1. The van der Waals surface area contributed by atoms with Crippen LogP contribution in [0.4, 0.5) is 0 Å². The number of rotatable bonds is 1. The van der Waals surface area contributed by atoms with E-state index in [1.807, 2.05) is 12.1 Å². The van der Waals surface area contributed by atoms with E-state index in [0.717, 1.165) is 18.4 Å². The summed E-state index contributed by atoms with van der Waals surface area (Å²) >= 11 is 13.3. The SMILES string of the molecule is CC1(C)C[C@]2(C[C@@H](c3cccs3)c3cc(Cl)c(O)cc3O2)NC(=S)N1. The van der Waals surface area contributed by atoms with E-state index < -0.39 is 5.72 Å². The molecule has 3 N–H and O–H groups in total. The van der Waals surface area contributed by atoms with E-state index in [9.17, 15) is 5.11 Å². The highest BCUT2D eigenvalue weighted by Crippen LogP contribution is 2.49. The molecule has 25 heavy (non-hydrogen) atoms. The molecule has 7 heteroatoms. The standard InChI is InChI=1S/C18H19ClN2O2S2/c1-17(2)9-18(21-16(24)20-17)8-11(15-4-3-5-25-15)10-6-12(19)13(22)7-14(10)23-18/h3-7,11,22H,8-9H2,1-2H3,(H2,20,21,24)/t11-,18-/m1/s1. The van der Waals surface area contributed by atoms with Crippen LogP contribution in [0.1, 0.15) is 43.0 Å². The van der Waals surface area contributed by atoms with Crippen LogP contribution in [-0.4, -0.2) is 21.5 Å². The van der Waals surface area contributed by atoms with Crippen LogP contribution in [0, 0.1) is 0 Å². The van der Waals surface area contributed by atoms with Gasteiger partial charge in [-0.1, -0.05) is 17.7 Å². The van der Waals surface area contributed by atoms with E-state index in [2.05, 4.69) is 35.9 Å². The molecule has 3 heterocycles. The Labute approximate surface area is 161 Å². The van der Waals surface area contributed by atoms with Crippen molar-refractivity contribution in [1.29, 1.82) is 0 Å². The second-order valence-electron chi connectivity index (χ2n) is 7.35. The molecule has 0 amide bonds. The van der Waals surface area contributed by atoms with Crippen molar-refractivity contribution in [3.05, 3.63) is 45.1 Å². The maximum Gasteiger partial charge on any atom is 0.185 e. The Morgan fingerprint density at radius 2 is 2.16 bits per heavy atom. The van der Waals surface area contributed by atoms with E-state index in [1.54, 1.807) is 17.4 Å². The van der Waals surface area contributed by atoms with Gasteiger partial charge in [0, 0.05) is 40.8 Å². The first-order valence-electron chi connectivity index (χ1n) is 8.12. The number of benzene rings is 1. The molecule has 0 aliphatic carbocycles. The van der Waals surface area contributed by atoms with E-state index in [-0.39, 0.29) is 17.2 Å². The number of ether oxygens (including phenoxy) is 1. The topological polar surface area (TPSA) is 53.5 Å². The lowest BCUT2D eigenvalue weighted by Gasteiger charge is -2.50.